The molecule has 41 heavy (non-hydrogen) atoms. The van der Waals surface area contributed by atoms with Crippen LogP contribution in [0.25, 0.3) is 22.2 Å². The van der Waals surface area contributed by atoms with Gasteiger partial charge in [-0.3, -0.25) is 14.9 Å². The van der Waals surface area contributed by atoms with E-state index in [4.69, 9.17) is 4.74 Å². The Morgan fingerprint density at radius 2 is 2.12 bits per heavy atom. The molecule has 3 N–H and O–H groups in total. The maximum atomic E-state index is 14.1. The Morgan fingerprint density at radius 3 is 2.73 bits per heavy atom. The highest BCUT2D eigenvalue weighted by Gasteiger charge is 2.36. The molecule has 10 nitrogen and oxygen atoms in total. The molecule has 4 heterocycles. The topological polar surface area (TPSA) is 131 Å². The summed E-state index contributed by atoms with van der Waals surface area (Å²) in [6.07, 6.45) is 0.0810. The zero-order valence-corrected chi connectivity index (χ0v) is 24.2. The number of Topliss-reactive ketones (excluding diaryl/α,β-unsaturated/α-hetero) is 1. The van der Waals surface area contributed by atoms with Crippen molar-refractivity contribution in [3.63, 3.8) is 0 Å². The lowest BCUT2D eigenvalue weighted by molar-refractivity contribution is -1.26. The summed E-state index contributed by atoms with van der Waals surface area (Å²) in [4.78, 5) is 16.1. The number of ether oxygens (including phenoxy) is 1. The van der Waals surface area contributed by atoms with Crippen molar-refractivity contribution >= 4 is 16.7 Å². The van der Waals surface area contributed by atoms with Crippen molar-refractivity contribution in [2.45, 2.75) is 37.4 Å². The Hall–Kier alpha value is -3.21. The van der Waals surface area contributed by atoms with Gasteiger partial charge in [-0.2, -0.15) is 18.3 Å². The largest absolute Gasteiger partial charge is 0.476 e. The van der Waals surface area contributed by atoms with Crippen molar-refractivity contribution in [2.24, 2.45) is 13.0 Å². The van der Waals surface area contributed by atoms with Crippen LogP contribution in [-0.4, -0.2) is 58.4 Å². The Morgan fingerprint density at radius 1 is 1.32 bits per heavy atom. The molecule has 0 unspecified atom stereocenters. The lowest BCUT2D eigenvalue weighted by atomic mass is 9.72. The molecule has 4 aromatic rings. The van der Waals surface area contributed by atoms with Crippen LogP contribution in [0.3, 0.4) is 0 Å². The Balaban J connectivity index is 1.48. The standard InChI is InChI=1S/C27H28F3IN7O3/c1-3-31(40,34-19-12-41-13-20(19)39)25-24-18(11-21(33-25)27(28,29)30)23(35-36-24)17-9-5-8-16(10-17)22(15-6-4-7-15)26-37-32-14-38(26)2/h3,5,8-11,14-15,19,22,34,40H,1,4,6-7,12-13H2,2H3,(H,35,36)/q-1/t19-,22-/m1/s1. The Labute approximate surface area is 237 Å². The lowest BCUT2D eigenvalue weighted by Crippen LogP contribution is -4.09. The molecule has 14 heteroatoms. The molecule has 1 aliphatic heterocycles. The number of H-pyrrole nitrogens is 1. The monoisotopic (exact) mass is 682 g/mol. The first-order valence-corrected chi connectivity index (χ1v) is 17.4. The number of benzene rings is 1. The fourth-order valence-corrected chi connectivity index (χ4v) is 9.85. The summed E-state index contributed by atoms with van der Waals surface area (Å²) in [7, 11) is 1.89. The molecule has 218 valence electrons. The van der Waals surface area contributed by atoms with E-state index in [9.17, 15) is 21.4 Å². The number of halogens is 4. The van der Waals surface area contributed by atoms with E-state index in [0.29, 0.717) is 11.5 Å². The van der Waals surface area contributed by atoms with E-state index in [-0.39, 0.29) is 45.2 Å². The van der Waals surface area contributed by atoms with Crippen molar-refractivity contribution in [3.05, 3.63) is 68.1 Å². The third-order valence-electron chi connectivity index (χ3n) is 7.68. The molecule has 2 aliphatic rings. The number of carbonyl (C=O) groups excluding carboxylic acids is 1. The van der Waals surface area contributed by atoms with Gasteiger partial charge in [-0.15, -0.1) is 20.9 Å². The predicted octanol–water partition coefficient (Wildman–Crippen LogP) is 0.558. The van der Waals surface area contributed by atoms with Gasteiger partial charge in [0.25, 0.3) is 0 Å². The van der Waals surface area contributed by atoms with Gasteiger partial charge in [-0.25, -0.2) is 19.1 Å². The molecule has 1 aromatic carbocycles. The highest BCUT2D eigenvalue weighted by molar-refractivity contribution is 5.92. The number of rotatable bonds is 8. The van der Waals surface area contributed by atoms with Crippen molar-refractivity contribution in [2.75, 3.05) is 13.2 Å². The summed E-state index contributed by atoms with van der Waals surface area (Å²) in [5, 5.41) is 15.8. The lowest BCUT2D eigenvalue weighted by Gasteiger charge is -2.46. The highest BCUT2D eigenvalue weighted by atomic mass is 127. The fourth-order valence-electron chi connectivity index (χ4n) is 5.34. The number of hydrogen-bond donors (Lipinski definition) is 3. The third kappa shape index (κ3) is 5.06. The maximum Gasteiger partial charge on any atom is 0.433 e. The summed E-state index contributed by atoms with van der Waals surface area (Å²) in [6, 6.07) is 7.61. The molecular formula is C27H28F3IN7O3-. The van der Waals surface area contributed by atoms with Gasteiger partial charge in [0.2, 0.25) is 0 Å². The van der Waals surface area contributed by atoms with E-state index < -0.39 is 37.0 Å². The number of fused-ring (bicyclic) bond motifs is 1. The Kier molecular flexibility index (Phi) is 7.20. The average Bonchev–Trinajstić information content (AvgIpc) is 3.65. The molecular weight excluding hydrogens is 654 g/mol. The van der Waals surface area contributed by atoms with E-state index in [1.54, 1.807) is 12.4 Å². The Bertz CT molecular complexity index is 1630. The van der Waals surface area contributed by atoms with E-state index in [0.717, 1.165) is 36.7 Å². The number of nitrogens with one attached hydrogen (secondary N) is 2. The van der Waals surface area contributed by atoms with Gasteiger partial charge in [-0.05, 0) is 36.5 Å². The SMILES string of the molecule is C=C[I@-](O)(N[C@@H]1COCC1=O)c1nc(C(F)(F)F)cc2c(-c3cccc([C@H](c4nncn4C)C4CCC4)c3)n[nH]c12. The number of pyridine rings is 1. The normalized spacial score (nSPS) is 20.2. The number of aromatic amines is 1. The molecule has 1 saturated heterocycles. The molecule has 0 radical (unpaired) electrons. The molecule has 3 aromatic heterocycles. The minimum absolute atomic E-state index is 0.00481. The zero-order chi connectivity index (χ0) is 28.9. The van der Waals surface area contributed by atoms with Gasteiger partial charge in [-0.1, -0.05) is 24.6 Å². The maximum absolute atomic E-state index is 14.1. The van der Waals surface area contributed by atoms with Gasteiger partial charge >= 0.3 is 6.18 Å². The fraction of sp³-hybridized carbons (Fsp3) is 0.370. The van der Waals surface area contributed by atoms with Crippen LogP contribution in [0.1, 0.15) is 42.3 Å². The van der Waals surface area contributed by atoms with E-state index in [2.05, 4.69) is 35.5 Å². The third-order valence-corrected chi connectivity index (χ3v) is 13.0. The number of carbonyl (C=O) groups is 1. The van der Waals surface area contributed by atoms with Crippen LogP contribution in [0, 0.1) is 9.62 Å². The van der Waals surface area contributed by atoms with Crippen LogP contribution in [0.15, 0.2) is 47.3 Å². The number of ketones is 1. The molecule has 1 aliphatic carbocycles. The first kappa shape index (κ1) is 27.9. The van der Waals surface area contributed by atoms with Crippen LogP contribution in [0.5, 0.6) is 0 Å². The van der Waals surface area contributed by atoms with Gasteiger partial charge in [0.1, 0.15) is 24.5 Å². The predicted molar refractivity (Wildman–Crippen MR) is 138 cm³/mol. The first-order chi connectivity index (χ1) is 19.6. The minimum atomic E-state index is -4.80. The summed E-state index contributed by atoms with van der Waals surface area (Å²) in [5.74, 6) is 0.869. The van der Waals surface area contributed by atoms with Gasteiger partial charge in [0, 0.05) is 27.6 Å². The second-order valence-electron chi connectivity index (χ2n) is 10.3. The minimum Gasteiger partial charge on any atom is -0.476 e. The zero-order valence-electron chi connectivity index (χ0n) is 22.0. The van der Waals surface area contributed by atoms with E-state index in [1.807, 2.05) is 29.8 Å². The van der Waals surface area contributed by atoms with Crippen LogP contribution >= 0.6 is 0 Å². The van der Waals surface area contributed by atoms with Gasteiger partial charge in [0.05, 0.1) is 23.9 Å². The quantitative estimate of drug-likeness (QED) is 0.140. The molecule has 3 atom stereocenters. The molecule has 0 amide bonds. The smallest absolute Gasteiger partial charge is 0.433 e. The first-order valence-electron chi connectivity index (χ1n) is 13.0. The second-order valence-corrected chi connectivity index (χ2v) is 16.1. The van der Waals surface area contributed by atoms with Crippen LogP contribution in [0.2, 0.25) is 0 Å². The second kappa shape index (κ2) is 10.6. The molecule has 1 saturated carbocycles. The van der Waals surface area contributed by atoms with Crippen molar-refractivity contribution in [3.8, 4) is 11.3 Å². The summed E-state index contributed by atoms with van der Waals surface area (Å²) >= 11 is -4.69. The van der Waals surface area contributed by atoms with Gasteiger partial charge < -0.3 is 16.3 Å². The van der Waals surface area contributed by atoms with Crippen LogP contribution in [0.4, 0.5) is 13.2 Å². The average molecular weight is 682 g/mol. The number of nitrogens with zero attached hydrogens (tertiary/aromatic N) is 5. The molecule has 0 spiro atoms. The molecule has 0 bridgehead atoms. The van der Waals surface area contributed by atoms with E-state index in [1.165, 1.54) is 4.08 Å². The number of aryl methyl sites for hydroxylation is 1. The van der Waals surface area contributed by atoms with Crippen molar-refractivity contribution in [1.82, 2.24) is 33.5 Å². The highest BCUT2D eigenvalue weighted by Crippen LogP contribution is 2.43. The van der Waals surface area contributed by atoms with Crippen molar-refractivity contribution in [1.29, 1.82) is 0 Å². The number of aromatic nitrogens is 6. The van der Waals surface area contributed by atoms with Crippen molar-refractivity contribution < 1.29 is 45.3 Å². The number of alkyl halides is 3. The number of hydrogen-bond acceptors (Lipinski definition) is 8. The van der Waals surface area contributed by atoms with E-state index >= 15 is 0 Å². The summed E-state index contributed by atoms with van der Waals surface area (Å²) in [5.41, 5.74) is 0.830. The summed E-state index contributed by atoms with van der Waals surface area (Å²) < 4.78 is 64.8. The van der Waals surface area contributed by atoms with Gasteiger partial charge in [0.15, 0.2) is 5.78 Å². The molecule has 2 fully saturated rings. The van der Waals surface area contributed by atoms with Crippen LogP contribution < -0.4 is 22.7 Å². The molecule has 6 rings (SSSR count). The van der Waals surface area contributed by atoms with Crippen LogP contribution in [-0.2, 0) is 22.8 Å². The summed E-state index contributed by atoms with van der Waals surface area (Å²) in [6.45, 7) is 3.53.